The molecular formula is C72H42. The molecule has 0 aromatic heterocycles. The van der Waals surface area contributed by atoms with Crippen molar-refractivity contribution >= 4 is 97.0 Å². The van der Waals surface area contributed by atoms with Gasteiger partial charge in [-0.15, -0.1) is 0 Å². The van der Waals surface area contributed by atoms with Crippen LogP contribution < -0.4 is 0 Å². The summed E-state index contributed by atoms with van der Waals surface area (Å²) in [7, 11) is 0. The monoisotopic (exact) mass is 906 g/mol. The summed E-state index contributed by atoms with van der Waals surface area (Å²) in [5.41, 5.74) is 14.6. The average molecular weight is 907 g/mol. The Hall–Kier alpha value is -9.36. The molecule has 0 saturated carbocycles. The van der Waals surface area contributed by atoms with Gasteiger partial charge in [-0.1, -0.05) is 200 Å². The fourth-order valence-corrected chi connectivity index (χ4v) is 12.9. The minimum atomic E-state index is 1.20. The lowest BCUT2D eigenvalue weighted by Gasteiger charge is -2.20. The van der Waals surface area contributed by atoms with Crippen LogP contribution in [-0.2, 0) is 0 Å². The predicted octanol–water partition coefficient (Wildman–Crippen LogP) is 20.4. The van der Waals surface area contributed by atoms with Crippen molar-refractivity contribution < 1.29 is 0 Å². The Labute approximate surface area is 416 Å². The van der Waals surface area contributed by atoms with Gasteiger partial charge in [-0.05, 0) is 218 Å². The number of hydrogen-bond donors (Lipinski definition) is 0. The molecule has 0 fully saturated rings. The summed E-state index contributed by atoms with van der Waals surface area (Å²) in [6, 6.07) is 96.0. The molecule has 0 atom stereocenters. The fourth-order valence-electron chi connectivity index (χ4n) is 12.9. The largest absolute Gasteiger partial charge is 0.0622 e. The van der Waals surface area contributed by atoms with E-state index >= 15 is 0 Å². The molecule has 0 N–H and O–H groups in total. The zero-order chi connectivity index (χ0) is 47.0. The highest BCUT2D eigenvalue weighted by atomic mass is 14.3. The molecule has 0 heterocycles. The van der Waals surface area contributed by atoms with Gasteiger partial charge in [0.25, 0.3) is 0 Å². The van der Waals surface area contributed by atoms with Gasteiger partial charge in [0.2, 0.25) is 0 Å². The first-order chi connectivity index (χ1) is 35.7. The van der Waals surface area contributed by atoms with E-state index in [1.54, 1.807) is 0 Å². The van der Waals surface area contributed by atoms with Crippen LogP contribution in [0.1, 0.15) is 0 Å². The molecule has 0 spiro atoms. The number of hydrogen-bond acceptors (Lipinski definition) is 0. The molecule has 0 aliphatic carbocycles. The number of rotatable bonds is 6. The van der Waals surface area contributed by atoms with Crippen LogP contribution in [0.4, 0.5) is 0 Å². The molecule has 0 saturated heterocycles. The van der Waals surface area contributed by atoms with Crippen molar-refractivity contribution in [2.75, 3.05) is 0 Å². The van der Waals surface area contributed by atoms with Crippen molar-refractivity contribution in [1.82, 2.24) is 0 Å². The van der Waals surface area contributed by atoms with Crippen molar-refractivity contribution in [1.29, 1.82) is 0 Å². The molecular weight excluding hydrogens is 865 g/mol. The summed E-state index contributed by atoms with van der Waals surface area (Å²) in [5.74, 6) is 0. The van der Waals surface area contributed by atoms with Crippen LogP contribution in [0.3, 0.4) is 0 Å². The summed E-state index contributed by atoms with van der Waals surface area (Å²) in [6.45, 7) is 0. The lowest BCUT2D eigenvalue weighted by Crippen LogP contribution is -1.93. The maximum atomic E-state index is 2.59. The highest BCUT2D eigenvalue weighted by Crippen LogP contribution is 2.55. The molecule has 72 heavy (non-hydrogen) atoms. The normalized spacial score (nSPS) is 12.2. The van der Waals surface area contributed by atoms with Gasteiger partial charge in [0.15, 0.2) is 0 Å². The first-order valence-electron chi connectivity index (χ1n) is 25.1. The van der Waals surface area contributed by atoms with E-state index in [0.29, 0.717) is 0 Å². The van der Waals surface area contributed by atoms with E-state index in [1.807, 2.05) is 0 Å². The van der Waals surface area contributed by atoms with E-state index in [2.05, 4.69) is 255 Å². The molecule has 0 aliphatic heterocycles. The first-order valence-corrected chi connectivity index (χ1v) is 25.1. The lowest BCUT2D eigenvalue weighted by molar-refractivity contribution is 1.58. The highest BCUT2D eigenvalue weighted by Gasteiger charge is 2.27. The zero-order valence-electron chi connectivity index (χ0n) is 39.2. The molecule has 0 aliphatic rings. The molecule has 330 valence electrons. The van der Waals surface area contributed by atoms with Crippen LogP contribution in [0.15, 0.2) is 255 Å². The van der Waals surface area contributed by atoms with Crippen LogP contribution in [0.2, 0.25) is 0 Å². The molecule has 0 amide bonds. The third kappa shape index (κ3) is 5.69. The maximum absolute atomic E-state index is 2.59. The van der Waals surface area contributed by atoms with Crippen LogP contribution >= 0.6 is 0 Å². The van der Waals surface area contributed by atoms with Crippen LogP contribution in [0, 0.1) is 0 Å². The predicted molar refractivity (Wildman–Crippen MR) is 310 cm³/mol. The van der Waals surface area contributed by atoms with Gasteiger partial charge in [0, 0.05) is 0 Å². The summed E-state index contributed by atoms with van der Waals surface area (Å²) < 4.78 is 0. The molecule has 16 aromatic rings. The number of benzene rings is 14. The maximum Gasteiger partial charge on any atom is -0.000740 e. The minimum Gasteiger partial charge on any atom is -0.0622 e. The van der Waals surface area contributed by atoms with E-state index in [0.717, 1.165) is 0 Å². The third-order valence-corrected chi connectivity index (χ3v) is 16.0. The van der Waals surface area contributed by atoms with Gasteiger partial charge in [0.05, 0.1) is 0 Å². The zero-order valence-corrected chi connectivity index (χ0v) is 39.2. The van der Waals surface area contributed by atoms with Crippen LogP contribution in [0.25, 0.3) is 164 Å². The van der Waals surface area contributed by atoms with Gasteiger partial charge in [-0.3, -0.25) is 0 Å². The summed E-state index contributed by atoms with van der Waals surface area (Å²) in [5, 5.41) is 23.4. The second kappa shape index (κ2) is 15.1. The Balaban J connectivity index is 1.15. The van der Waals surface area contributed by atoms with E-state index < -0.39 is 0 Å². The highest BCUT2D eigenvalue weighted by molar-refractivity contribution is 6.44. The minimum absolute atomic E-state index is 1.20. The van der Waals surface area contributed by atoms with Gasteiger partial charge in [-0.2, -0.15) is 0 Å². The molecule has 0 nitrogen and oxygen atoms in total. The second-order valence-corrected chi connectivity index (χ2v) is 19.9. The third-order valence-electron chi connectivity index (χ3n) is 16.0. The van der Waals surface area contributed by atoms with Gasteiger partial charge in [-0.25, -0.2) is 0 Å². The molecule has 0 bridgehead atoms. The summed E-state index contributed by atoms with van der Waals surface area (Å²) >= 11 is 0. The van der Waals surface area contributed by atoms with Crippen molar-refractivity contribution in [3.63, 3.8) is 0 Å². The quantitative estimate of drug-likeness (QED) is 0.146. The fraction of sp³-hybridized carbons (Fsp3) is 0. The Kier molecular flexibility index (Phi) is 8.26. The summed E-state index contributed by atoms with van der Waals surface area (Å²) in [4.78, 5) is 0. The summed E-state index contributed by atoms with van der Waals surface area (Å²) in [6.07, 6.45) is 0. The molecule has 0 heteroatoms. The van der Waals surface area contributed by atoms with Crippen molar-refractivity contribution in [3.8, 4) is 66.8 Å². The number of fused-ring (bicyclic) bond motifs is 7. The van der Waals surface area contributed by atoms with E-state index in [4.69, 9.17) is 0 Å². The van der Waals surface area contributed by atoms with Crippen molar-refractivity contribution in [2.45, 2.75) is 0 Å². The Morgan fingerprint density at radius 1 is 0.139 bits per heavy atom. The van der Waals surface area contributed by atoms with E-state index in [9.17, 15) is 0 Å². The SMILES string of the molecule is c1ccc(-c2cc(-c3ccccc3)cc(-c3c4cc5c(cc4c(-c4cc(-c6ccccc6)cc(-c6ccccc6)c4)c4c6cccc7cccc(c34)c76)c3cc4cccc6ccc7ccc5c3c7c64)c2)cc1. The Morgan fingerprint density at radius 2 is 0.514 bits per heavy atom. The first kappa shape index (κ1) is 39.5. The molecule has 0 radical (unpaired) electrons. The lowest BCUT2D eigenvalue weighted by atomic mass is 9.83. The Morgan fingerprint density at radius 3 is 0.986 bits per heavy atom. The topological polar surface area (TPSA) is 0 Å². The van der Waals surface area contributed by atoms with Crippen LogP contribution in [-0.4, -0.2) is 0 Å². The van der Waals surface area contributed by atoms with E-state index in [1.165, 1.54) is 164 Å². The van der Waals surface area contributed by atoms with Gasteiger partial charge < -0.3 is 0 Å². The van der Waals surface area contributed by atoms with Crippen molar-refractivity contribution in [3.05, 3.63) is 255 Å². The molecule has 0 unspecified atom stereocenters. The van der Waals surface area contributed by atoms with Crippen LogP contribution in [0.5, 0.6) is 0 Å². The Bertz CT molecular complexity index is 4680. The van der Waals surface area contributed by atoms with Gasteiger partial charge in [0.1, 0.15) is 0 Å². The molecule has 16 aromatic carbocycles. The van der Waals surface area contributed by atoms with Gasteiger partial charge >= 0.3 is 0 Å². The van der Waals surface area contributed by atoms with E-state index in [-0.39, 0.29) is 0 Å². The smallest absolute Gasteiger partial charge is 0.000740 e. The molecule has 16 rings (SSSR count). The van der Waals surface area contributed by atoms with Crippen molar-refractivity contribution in [2.24, 2.45) is 0 Å². The standard InChI is InChI=1S/C72H42/c1-5-16-43(17-6-1)51-34-52(44-18-7-2-8-19-44)37-55(36-51)67-63-41-60-57-33-32-49-31-30-48-24-13-27-50-40-62(70(57)69(49)65(48)50)61(60)42-64(63)68(72-59-29-15-26-47-25-14-28-58(66(47)59)71(67)72)56-38-53(45-20-9-3-10-21-45)35-54(39-56)46-22-11-4-12-23-46/h1-42H. The second-order valence-electron chi connectivity index (χ2n) is 19.9. The average Bonchev–Trinajstić information content (AvgIpc) is 3.95.